The van der Waals surface area contributed by atoms with Crippen LogP contribution < -0.4 is 23.6 Å². The lowest BCUT2D eigenvalue weighted by Crippen LogP contribution is -2.68. The second kappa shape index (κ2) is 4.89. The van der Waals surface area contributed by atoms with Gasteiger partial charge in [0, 0.05) is 12.3 Å². The van der Waals surface area contributed by atoms with Crippen LogP contribution in [0.4, 0.5) is 0 Å². The van der Waals surface area contributed by atoms with Crippen LogP contribution in [0.15, 0.2) is 42.7 Å². The molecule has 94 valence electrons. The fraction of sp³-hybridized carbons (Fsp3) is 0. The maximum absolute atomic E-state index is 8.49. The van der Waals surface area contributed by atoms with Crippen molar-refractivity contribution in [1.82, 2.24) is 4.98 Å². The average molecular weight is 269 g/mol. The topological polar surface area (TPSA) is 122 Å². The lowest BCUT2D eigenvalue weighted by Gasteiger charge is -2.17. The van der Waals surface area contributed by atoms with Gasteiger partial charge in [-0.25, -0.2) is 23.6 Å². The first kappa shape index (κ1) is 12.7. The number of para-hydroxylation sites is 1. The summed E-state index contributed by atoms with van der Waals surface area (Å²) in [5, 5.41) is 2.46. The van der Waals surface area contributed by atoms with Crippen molar-refractivity contribution in [3.05, 3.63) is 42.7 Å². The Bertz CT molecular complexity index is 656. The monoisotopic (exact) mass is 268 g/mol. The van der Waals surface area contributed by atoms with Crippen molar-refractivity contribution in [2.75, 3.05) is 0 Å². The molecule has 7 heteroatoms. The predicted molar refractivity (Wildman–Crippen MR) is 52.4 cm³/mol. The Hall–Kier alpha value is -1.70. The number of hydrogen-bond acceptors (Lipinski definition) is 4. The van der Waals surface area contributed by atoms with Crippen molar-refractivity contribution >= 4 is 21.8 Å². The number of nitrogens with one attached hydrogen (secondary N) is 2. The molecule has 0 aliphatic carbocycles. The number of hydrogen-bond donors (Lipinski definition) is 1. The van der Waals surface area contributed by atoms with Crippen molar-refractivity contribution in [3.8, 4) is 0 Å². The molecule has 0 amide bonds. The minimum Gasteiger partial charge on any atom is -0.360 e. The van der Waals surface area contributed by atoms with Crippen LogP contribution in [-0.2, 0) is 0 Å². The Morgan fingerprint density at radius 1 is 1.00 bits per heavy atom. The molecule has 6 nitrogen and oxygen atoms in total. The molecule has 0 saturated carbocycles. The van der Waals surface area contributed by atoms with Gasteiger partial charge in [-0.15, -0.1) is 10.2 Å². The van der Waals surface area contributed by atoms with Gasteiger partial charge in [0.15, 0.2) is 6.20 Å². The summed E-state index contributed by atoms with van der Waals surface area (Å²) in [5.41, 5.74) is 2.37. The zero-order chi connectivity index (χ0) is 13.2. The first-order valence-electron chi connectivity index (χ1n) is 4.93. The standard InChI is InChI=1S/C11H8N2.ClHO4/c1-2-4-10-9(3-1)11-8(7-13-10)5-6-12-11;2-1(3,4)5/h1-7,12H;(H,2,3,4,5). The highest BCUT2D eigenvalue weighted by molar-refractivity contribution is 6.01. The molecule has 0 saturated heterocycles. The van der Waals surface area contributed by atoms with Gasteiger partial charge < -0.3 is 4.98 Å². The highest BCUT2D eigenvalue weighted by Gasteiger charge is 2.04. The summed E-state index contributed by atoms with van der Waals surface area (Å²) in [5.74, 6) is 0. The molecule has 3 aromatic rings. The minimum absolute atomic E-state index is 1.16. The van der Waals surface area contributed by atoms with Gasteiger partial charge in [0.05, 0.1) is 16.3 Å². The van der Waals surface area contributed by atoms with Crippen LogP contribution in [-0.4, -0.2) is 4.98 Å². The Kier molecular flexibility index (Phi) is 3.46. The van der Waals surface area contributed by atoms with E-state index in [1.165, 1.54) is 16.3 Å². The third-order valence-electron chi connectivity index (χ3n) is 2.36. The van der Waals surface area contributed by atoms with E-state index in [4.69, 9.17) is 18.6 Å². The highest BCUT2D eigenvalue weighted by Crippen LogP contribution is 2.18. The van der Waals surface area contributed by atoms with E-state index in [1.807, 2.05) is 18.5 Å². The first-order valence-corrected chi connectivity index (χ1v) is 6.17. The predicted octanol–water partition coefficient (Wildman–Crippen LogP) is -2.62. The number of aromatic nitrogens is 2. The third kappa shape index (κ3) is 3.16. The Morgan fingerprint density at radius 2 is 1.67 bits per heavy atom. The van der Waals surface area contributed by atoms with Crippen LogP contribution in [0.25, 0.3) is 21.8 Å². The average Bonchev–Trinajstić information content (AvgIpc) is 2.75. The van der Waals surface area contributed by atoms with Gasteiger partial charge >= 0.3 is 0 Å². The molecular formula is C11H9ClN2O4. The zero-order valence-electron chi connectivity index (χ0n) is 9.05. The summed E-state index contributed by atoms with van der Waals surface area (Å²) in [6.07, 6.45) is 3.99. The third-order valence-corrected chi connectivity index (χ3v) is 2.36. The van der Waals surface area contributed by atoms with Crippen molar-refractivity contribution in [3.63, 3.8) is 0 Å². The summed E-state index contributed by atoms with van der Waals surface area (Å²) in [6.45, 7) is 0. The normalized spacial score (nSPS) is 11.3. The summed E-state index contributed by atoms with van der Waals surface area (Å²) < 4.78 is 34.0. The number of pyridine rings is 1. The maximum Gasteiger partial charge on any atom is 0.212 e. The molecule has 0 spiro atoms. The van der Waals surface area contributed by atoms with Crippen LogP contribution in [0.2, 0.25) is 0 Å². The molecule has 2 aromatic heterocycles. The SMILES string of the molecule is [O-][Cl+3]([O-])([O-])[O-].c1ccc2c(c1)[nH+]cc1cc[nH]c12. The molecule has 0 unspecified atom stereocenters. The first-order chi connectivity index (χ1) is 8.45. The van der Waals surface area contributed by atoms with E-state index in [0.29, 0.717) is 0 Å². The molecule has 0 radical (unpaired) electrons. The van der Waals surface area contributed by atoms with E-state index in [2.05, 4.69) is 34.2 Å². The van der Waals surface area contributed by atoms with Crippen LogP contribution >= 0.6 is 0 Å². The molecule has 0 aliphatic heterocycles. The van der Waals surface area contributed by atoms with Gasteiger partial charge in [-0.1, -0.05) is 12.1 Å². The Balaban J connectivity index is 0.000000209. The number of benzene rings is 1. The number of H-pyrrole nitrogens is 2. The molecule has 2 heterocycles. The Labute approximate surface area is 104 Å². The van der Waals surface area contributed by atoms with E-state index >= 15 is 0 Å². The number of fused-ring (bicyclic) bond motifs is 3. The minimum atomic E-state index is -4.94. The van der Waals surface area contributed by atoms with E-state index in [0.717, 1.165) is 5.52 Å². The van der Waals surface area contributed by atoms with E-state index in [1.54, 1.807) is 0 Å². The summed E-state index contributed by atoms with van der Waals surface area (Å²) >= 11 is 0. The molecule has 1 aromatic carbocycles. The lowest BCUT2D eigenvalue weighted by molar-refractivity contribution is -2.00. The largest absolute Gasteiger partial charge is 0.360 e. The van der Waals surface area contributed by atoms with Crippen LogP contribution in [0, 0.1) is 10.2 Å². The summed E-state index contributed by atoms with van der Waals surface area (Å²) in [6, 6.07) is 10.3. The quantitative estimate of drug-likeness (QED) is 0.479. The molecule has 0 fully saturated rings. The van der Waals surface area contributed by atoms with Crippen LogP contribution in [0.1, 0.15) is 0 Å². The summed E-state index contributed by atoms with van der Waals surface area (Å²) in [4.78, 5) is 6.50. The van der Waals surface area contributed by atoms with E-state index < -0.39 is 10.2 Å². The molecule has 18 heavy (non-hydrogen) atoms. The van der Waals surface area contributed by atoms with E-state index in [9.17, 15) is 0 Å². The van der Waals surface area contributed by atoms with Gasteiger partial charge in [0.2, 0.25) is 5.52 Å². The van der Waals surface area contributed by atoms with Gasteiger partial charge in [-0.3, -0.25) is 0 Å². The van der Waals surface area contributed by atoms with Gasteiger partial charge in [-0.05, 0) is 12.1 Å². The number of rotatable bonds is 0. The van der Waals surface area contributed by atoms with Crippen molar-refractivity contribution in [1.29, 1.82) is 0 Å². The van der Waals surface area contributed by atoms with Crippen molar-refractivity contribution in [2.24, 2.45) is 0 Å². The molecule has 0 aliphatic rings. The molecule has 0 atom stereocenters. The van der Waals surface area contributed by atoms with Gasteiger partial charge in [-0.2, -0.15) is 0 Å². The zero-order valence-corrected chi connectivity index (χ0v) is 9.81. The number of aromatic amines is 2. The van der Waals surface area contributed by atoms with Crippen molar-refractivity contribution < 1.29 is 33.9 Å². The van der Waals surface area contributed by atoms with Crippen molar-refractivity contribution in [2.45, 2.75) is 0 Å². The summed E-state index contributed by atoms with van der Waals surface area (Å²) in [7, 11) is -4.94. The fourth-order valence-electron chi connectivity index (χ4n) is 1.72. The second-order valence-corrected chi connectivity index (χ2v) is 4.28. The van der Waals surface area contributed by atoms with Crippen LogP contribution in [0.3, 0.4) is 0 Å². The smallest absolute Gasteiger partial charge is 0.212 e. The van der Waals surface area contributed by atoms with Gasteiger partial charge in [0.1, 0.15) is 0 Å². The molecule has 2 N–H and O–H groups in total. The van der Waals surface area contributed by atoms with Crippen LogP contribution in [0.5, 0.6) is 0 Å². The lowest BCUT2D eigenvalue weighted by atomic mass is 10.2. The molecular weight excluding hydrogens is 260 g/mol. The Morgan fingerprint density at radius 3 is 2.39 bits per heavy atom. The maximum atomic E-state index is 8.49. The number of halogens is 1. The van der Waals surface area contributed by atoms with Gasteiger partial charge in [0.25, 0.3) is 0 Å². The van der Waals surface area contributed by atoms with E-state index in [-0.39, 0.29) is 0 Å². The molecule has 0 bridgehead atoms. The second-order valence-electron chi connectivity index (χ2n) is 3.52. The fourth-order valence-corrected chi connectivity index (χ4v) is 1.72. The molecule has 3 rings (SSSR count). The highest BCUT2D eigenvalue weighted by atomic mass is 35.7.